The number of amides is 1. The van der Waals surface area contributed by atoms with Gasteiger partial charge in [0, 0.05) is 24.7 Å². The number of benzene rings is 1. The first kappa shape index (κ1) is 22.3. The molecule has 0 spiro atoms. The number of anilines is 1. The Morgan fingerprint density at radius 2 is 1.87 bits per heavy atom. The fourth-order valence-corrected chi connectivity index (χ4v) is 5.65. The maximum absolute atomic E-state index is 13.2. The fraction of sp³-hybridized carbons (Fsp3) is 0.474. The third-order valence-corrected chi connectivity index (χ3v) is 7.89. The zero-order valence-corrected chi connectivity index (χ0v) is 18.8. The molecule has 1 aliphatic carbocycles. The summed E-state index contributed by atoms with van der Waals surface area (Å²) in [7, 11) is -3.62. The highest BCUT2D eigenvalue weighted by molar-refractivity contribution is 9.10. The van der Waals surface area contributed by atoms with Crippen molar-refractivity contribution in [3.63, 3.8) is 0 Å². The van der Waals surface area contributed by atoms with Crippen LogP contribution < -0.4 is 5.32 Å². The number of sulfonamides is 1. The van der Waals surface area contributed by atoms with E-state index in [1.165, 1.54) is 33.3 Å². The minimum Gasteiger partial charge on any atom is -0.379 e. The Balaban J connectivity index is 1.44. The number of carbonyl (C=O) groups is 1. The summed E-state index contributed by atoms with van der Waals surface area (Å²) in [6.45, 7) is 1.08. The fourth-order valence-electron chi connectivity index (χ4n) is 3.46. The standard InChI is InChI=1S/C19H21BrF2N4O4S/c20-16-17(19(21)22)24-26(18(16)12-1-2-12)11-15(27)23-13-3-5-14(6-4-13)31(28,29)25-7-9-30-10-8-25/h3-6,12,19H,1-2,7-11H2,(H,23,27). The van der Waals surface area contributed by atoms with E-state index in [2.05, 4.69) is 26.3 Å². The maximum atomic E-state index is 13.2. The second-order valence-electron chi connectivity index (χ2n) is 7.41. The lowest BCUT2D eigenvalue weighted by atomic mass is 10.2. The first-order valence-corrected chi connectivity index (χ1v) is 12.0. The normalized spacial score (nSPS) is 17.8. The molecule has 0 radical (unpaired) electrons. The molecule has 4 rings (SSSR count). The molecule has 2 heterocycles. The van der Waals surface area contributed by atoms with Crippen molar-refractivity contribution in [1.82, 2.24) is 14.1 Å². The zero-order chi connectivity index (χ0) is 22.2. The van der Waals surface area contributed by atoms with Crippen molar-refractivity contribution in [2.45, 2.75) is 36.6 Å². The monoisotopic (exact) mass is 518 g/mol. The lowest BCUT2D eigenvalue weighted by Crippen LogP contribution is -2.40. The quantitative estimate of drug-likeness (QED) is 0.607. The molecule has 168 valence electrons. The molecular formula is C19H21BrF2N4O4S. The highest BCUT2D eigenvalue weighted by Crippen LogP contribution is 2.45. The summed E-state index contributed by atoms with van der Waals surface area (Å²) < 4.78 is 59.8. The molecule has 1 aromatic heterocycles. The van der Waals surface area contributed by atoms with Crippen molar-refractivity contribution in [3.8, 4) is 0 Å². The van der Waals surface area contributed by atoms with Crippen LogP contribution in [0.2, 0.25) is 0 Å². The van der Waals surface area contributed by atoms with Gasteiger partial charge in [0.15, 0.2) is 0 Å². The highest BCUT2D eigenvalue weighted by Gasteiger charge is 2.34. The van der Waals surface area contributed by atoms with Crippen molar-refractivity contribution in [1.29, 1.82) is 0 Å². The van der Waals surface area contributed by atoms with Gasteiger partial charge in [-0.2, -0.15) is 9.40 Å². The first-order valence-electron chi connectivity index (χ1n) is 9.79. The number of nitrogens with zero attached hydrogens (tertiary/aromatic N) is 3. The molecule has 2 aliphatic rings. The minimum absolute atomic E-state index is 0.117. The zero-order valence-electron chi connectivity index (χ0n) is 16.4. The average Bonchev–Trinajstić information content (AvgIpc) is 3.52. The van der Waals surface area contributed by atoms with Crippen LogP contribution in [0.3, 0.4) is 0 Å². The lowest BCUT2D eigenvalue weighted by molar-refractivity contribution is -0.117. The predicted molar refractivity (Wildman–Crippen MR) is 112 cm³/mol. The summed E-state index contributed by atoms with van der Waals surface area (Å²) in [5, 5.41) is 6.58. The van der Waals surface area contributed by atoms with Gasteiger partial charge in [0.1, 0.15) is 12.2 Å². The molecule has 8 nitrogen and oxygen atoms in total. The Hall–Kier alpha value is -1.89. The molecule has 1 saturated carbocycles. The molecule has 1 aromatic carbocycles. The van der Waals surface area contributed by atoms with Gasteiger partial charge in [-0.1, -0.05) is 0 Å². The number of ether oxygens (including phenoxy) is 1. The summed E-state index contributed by atoms with van der Waals surface area (Å²) in [6, 6.07) is 5.85. The predicted octanol–water partition coefficient (Wildman–Crippen LogP) is 3.12. The largest absolute Gasteiger partial charge is 0.379 e. The van der Waals surface area contributed by atoms with Gasteiger partial charge in [0.25, 0.3) is 6.43 Å². The molecule has 2 aromatic rings. The summed E-state index contributed by atoms with van der Waals surface area (Å²) in [4.78, 5) is 12.6. The van der Waals surface area contributed by atoms with Gasteiger partial charge in [-0.05, 0) is 53.0 Å². The van der Waals surface area contributed by atoms with Gasteiger partial charge in [0.05, 0.1) is 28.3 Å². The van der Waals surface area contributed by atoms with E-state index in [0.717, 1.165) is 12.8 Å². The minimum atomic E-state index is -3.62. The van der Waals surface area contributed by atoms with E-state index in [0.29, 0.717) is 37.7 Å². The molecule has 0 bridgehead atoms. The van der Waals surface area contributed by atoms with E-state index in [-0.39, 0.29) is 27.5 Å². The van der Waals surface area contributed by atoms with Crippen LogP contribution in [0.25, 0.3) is 0 Å². The molecule has 2 fully saturated rings. The number of alkyl halides is 2. The molecule has 1 aliphatic heterocycles. The molecule has 31 heavy (non-hydrogen) atoms. The Kier molecular flexibility index (Phi) is 6.42. The Labute approximate surface area is 186 Å². The lowest BCUT2D eigenvalue weighted by Gasteiger charge is -2.26. The second kappa shape index (κ2) is 8.93. The molecule has 1 amide bonds. The number of hydrogen-bond donors (Lipinski definition) is 1. The summed E-state index contributed by atoms with van der Waals surface area (Å²) in [5.41, 5.74) is 0.643. The maximum Gasteiger partial charge on any atom is 0.283 e. The van der Waals surface area contributed by atoms with E-state index in [1.54, 1.807) is 0 Å². The summed E-state index contributed by atoms with van der Waals surface area (Å²) in [6.07, 6.45) is -1.00. The van der Waals surface area contributed by atoms with Crippen LogP contribution in [-0.4, -0.2) is 54.7 Å². The van der Waals surface area contributed by atoms with Gasteiger partial charge in [0.2, 0.25) is 15.9 Å². The van der Waals surface area contributed by atoms with Gasteiger partial charge in [-0.3, -0.25) is 9.48 Å². The van der Waals surface area contributed by atoms with Crippen LogP contribution in [0.5, 0.6) is 0 Å². The number of nitrogens with one attached hydrogen (secondary N) is 1. The summed E-state index contributed by atoms with van der Waals surface area (Å²) in [5.74, 6) is -0.326. The average molecular weight is 519 g/mol. The van der Waals surface area contributed by atoms with Crippen molar-refractivity contribution < 1.29 is 26.7 Å². The van der Waals surface area contributed by atoms with Crippen LogP contribution in [-0.2, 0) is 26.1 Å². The topological polar surface area (TPSA) is 93.5 Å². The molecule has 12 heteroatoms. The summed E-state index contributed by atoms with van der Waals surface area (Å²) >= 11 is 3.20. The van der Waals surface area contributed by atoms with E-state index < -0.39 is 22.4 Å². The second-order valence-corrected chi connectivity index (χ2v) is 10.1. The SMILES string of the molecule is O=C(Cn1nc(C(F)F)c(Br)c1C1CC1)Nc1ccc(S(=O)(=O)N2CCOCC2)cc1. The third kappa shape index (κ3) is 4.81. The van der Waals surface area contributed by atoms with E-state index in [4.69, 9.17) is 4.74 Å². The van der Waals surface area contributed by atoms with Crippen LogP contribution in [0, 0.1) is 0 Å². The Morgan fingerprint density at radius 1 is 1.23 bits per heavy atom. The van der Waals surface area contributed by atoms with Gasteiger partial charge in [-0.25, -0.2) is 17.2 Å². The molecular weight excluding hydrogens is 498 g/mol. The smallest absolute Gasteiger partial charge is 0.283 e. The molecule has 1 saturated heterocycles. The Bertz CT molecular complexity index is 1070. The van der Waals surface area contributed by atoms with Crippen LogP contribution in [0.1, 0.15) is 36.6 Å². The van der Waals surface area contributed by atoms with Gasteiger partial charge < -0.3 is 10.1 Å². The third-order valence-electron chi connectivity index (χ3n) is 5.17. The van der Waals surface area contributed by atoms with Crippen molar-refractivity contribution in [2.24, 2.45) is 0 Å². The first-order chi connectivity index (χ1) is 14.8. The van der Waals surface area contributed by atoms with E-state index >= 15 is 0 Å². The van der Waals surface area contributed by atoms with Crippen molar-refractivity contribution in [2.75, 3.05) is 31.6 Å². The molecule has 1 N–H and O–H groups in total. The van der Waals surface area contributed by atoms with Crippen LogP contribution >= 0.6 is 15.9 Å². The van der Waals surface area contributed by atoms with Crippen LogP contribution in [0.4, 0.5) is 14.5 Å². The number of hydrogen-bond acceptors (Lipinski definition) is 5. The number of morpholine rings is 1. The van der Waals surface area contributed by atoms with Crippen molar-refractivity contribution >= 4 is 37.5 Å². The van der Waals surface area contributed by atoms with Crippen molar-refractivity contribution in [3.05, 3.63) is 40.1 Å². The molecule has 0 atom stereocenters. The Morgan fingerprint density at radius 3 is 2.45 bits per heavy atom. The number of rotatable bonds is 7. The number of halogens is 3. The van der Waals surface area contributed by atoms with Gasteiger partial charge in [-0.15, -0.1) is 0 Å². The molecule has 0 unspecified atom stereocenters. The van der Waals surface area contributed by atoms with E-state index in [9.17, 15) is 22.0 Å². The van der Waals surface area contributed by atoms with Gasteiger partial charge >= 0.3 is 0 Å². The van der Waals surface area contributed by atoms with Crippen LogP contribution in [0.15, 0.2) is 33.6 Å². The highest BCUT2D eigenvalue weighted by atomic mass is 79.9. The number of aromatic nitrogens is 2. The van der Waals surface area contributed by atoms with E-state index in [1.807, 2.05) is 0 Å². The number of carbonyl (C=O) groups excluding carboxylic acids is 1.